The second-order valence-corrected chi connectivity index (χ2v) is 4.93. The molecule has 2 saturated heterocycles. The molecule has 0 amide bonds. The fourth-order valence-electron chi connectivity index (χ4n) is 2.49. The number of likely N-dealkylation sites (tertiary alicyclic amines) is 1. The quantitative estimate of drug-likeness (QED) is 0.705. The van der Waals surface area contributed by atoms with Crippen molar-refractivity contribution in [1.82, 2.24) is 4.90 Å². The van der Waals surface area contributed by atoms with E-state index in [4.69, 9.17) is 15.7 Å². The average Bonchev–Trinajstić information content (AvgIpc) is 2.18. The van der Waals surface area contributed by atoms with E-state index in [1.807, 2.05) is 0 Å². The monoisotopic (exact) mass is 209 g/mol. The van der Waals surface area contributed by atoms with Crippen molar-refractivity contribution in [1.29, 1.82) is 5.26 Å². The molecule has 2 N–H and O–H groups in total. The highest BCUT2D eigenvalue weighted by Gasteiger charge is 2.47. The third kappa shape index (κ3) is 1.87. The van der Waals surface area contributed by atoms with Gasteiger partial charge in [0.15, 0.2) is 0 Å². The van der Waals surface area contributed by atoms with Crippen molar-refractivity contribution in [2.45, 2.75) is 18.9 Å². The Hall–Kier alpha value is -0.630. The lowest BCUT2D eigenvalue weighted by Crippen LogP contribution is -2.58. The molecule has 0 bridgehead atoms. The maximum Gasteiger partial charge on any atom is 0.119 e. The van der Waals surface area contributed by atoms with Crippen LogP contribution in [0.25, 0.3) is 0 Å². The van der Waals surface area contributed by atoms with Gasteiger partial charge in [0.05, 0.1) is 19.3 Å². The fourth-order valence-corrected chi connectivity index (χ4v) is 2.49. The van der Waals surface area contributed by atoms with Gasteiger partial charge >= 0.3 is 0 Å². The van der Waals surface area contributed by atoms with Gasteiger partial charge in [0.25, 0.3) is 0 Å². The van der Waals surface area contributed by atoms with E-state index in [0.717, 1.165) is 25.9 Å². The van der Waals surface area contributed by atoms with E-state index in [0.29, 0.717) is 19.1 Å². The Kier molecular flexibility index (Phi) is 2.96. The van der Waals surface area contributed by atoms with Gasteiger partial charge in [0, 0.05) is 6.04 Å². The van der Waals surface area contributed by atoms with E-state index in [1.54, 1.807) is 0 Å². The van der Waals surface area contributed by atoms with E-state index < -0.39 is 0 Å². The summed E-state index contributed by atoms with van der Waals surface area (Å²) in [5.41, 5.74) is 5.84. The molecule has 0 spiro atoms. The molecule has 1 unspecified atom stereocenters. The lowest BCUT2D eigenvalue weighted by atomic mass is 9.71. The molecule has 0 aromatic rings. The Labute approximate surface area is 91.0 Å². The topological polar surface area (TPSA) is 62.3 Å². The van der Waals surface area contributed by atoms with Crippen LogP contribution >= 0.6 is 0 Å². The molecule has 2 heterocycles. The molecule has 0 aromatic heterocycles. The standard InChI is InChI=1S/C11H19N3O/c1-14-4-2-9(3-5-14)10(13)11(6-12)7-15-8-11/h9-10H,2-5,7-8,13H2,1H3. The number of nitrogens with two attached hydrogens (primary N) is 1. The second kappa shape index (κ2) is 4.09. The zero-order chi connectivity index (χ0) is 10.9. The summed E-state index contributed by atoms with van der Waals surface area (Å²) in [4.78, 5) is 2.32. The molecule has 2 rings (SSSR count). The minimum Gasteiger partial charge on any atom is -0.378 e. The Morgan fingerprint density at radius 2 is 2.07 bits per heavy atom. The van der Waals surface area contributed by atoms with Gasteiger partial charge in [-0.15, -0.1) is 0 Å². The predicted molar refractivity (Wildman–Crippen MR) is 57.1 cm³/mol. The molecule has 84 valence electrons. The fraction of sp³-hybridized carbons (Fsp3) is 0.909. The summed E-state index contributed by atoms with van der Waals surface area (Å²) in [5, 5.41) is 9.17. The SMILES string of the molecule is CN1CCC(C(N)C2(C#N)COC2)CC1. The van der Waals surface area contributed by atoms with E-state index in [-0.39, 0.29) is 11.5 Å². The van der Waals surface area contributed by atoms with Crippen LogP contribution in [-0.4, -0.2) is 44.3 Å². The van der Waals surface area contributed by atoms with E-state index >= 15 is 0 Å². The highest BCUT2D eigenvalue weighted by Crippen LogP contribution is 2.36. The molecule has 2 aliphatic heterocycles. The number of nitrogens with zero attached hydrogens (tertiary/aromatic N) is 2. The number of nitriles is 1. The molecule has 1 atom stereocenters. The number of rotatable bonds is 2. The first-order chi connectivity index (χ1) is 7.18. The Morgan fingerprint density at radius 1 is 1.47 bits per heavy atom. The molecule has 0 saturated carbocycles. The minimum absolute atomic E-state index is 0.00931. The normalized spacial score (nSPS) is 29.1. The summed E-state index contributed by atoms with van der Waals surface area (Å²) in [6, 6.07) is 2.35. The van der Waals surface area contributed by atoms with Gasteiger partial charge in [-0.25, -0.2) is 0 Å². The maximum absolute atomic E-state index is 9.17. The van der Waals surface area contributed by atoms with Crippen molar-refractivity contribution in [3.8, 4) is 6.07 Å². The summed E-state index contributed by atoms with van der Waals surface area (Å²) >= 11 is 0. The van der Waals surface area contributed by atoms with Gasteiger partial charge in [-0.1, -0.05) is 0 Å². The van der Waals surface area contributed by atoms with Gasteiger partial charge in [-0.3, -0.25) is 0 Å². The molecule has 0 aliphatic carbocycles. The molecule has 15 heavy (non-hydrogen) atoms. The first kappa shape index (κ1) is 10.9. The van der Waals surface area contributed by atoms with Gasteiger partial charge in [-0.2, -0.15) is 5.26 Å². The van der Waals surface area contributed by atoms with Crippen LogP contribution < -0.4 is 5.73 Å². The van der Waals surface area contributed by atoms with Crippen molar-refractivity contribution in [2.24, 2.45) is 17.1 Å². The van der Waals surface area contributed by atoms with Crippen LogP contribution in [0.5, 0.6) is 0 Å². The molecule has 4 heteroatoms. The Morgan fingerprint density at radius 3 is 2.47 bits per heavy atom. The summed E-state index contributed by atoms with van der Waals surface area (Å²) in [6.07, 6.45) is 2.22. The highest BCUT2D eigenvalue weighted by molar-refractivity contribution is 5.11. The molecule has 2 aliphatic rings. The van der Waals surface area contributed by atoms with Gasteiger partial charge in [0.2, 0.25) is 0 Å². The van der Waals surface area contributed by atoms with Crippen molar-refractivity contribution < 1.29 is 4.74 Å². The number of hydrogen-bond acceptors (Lipinski definition) is 4. The van der Waals surface area contributed by atoms with Crippen LogP contribution in [0.1, 0.15) is 12.8 Å². The summed E-state index contributed by atoms with van der Waals surface area (Å²) in [5.74, 6) is 0.491. The molecule has 0 radical (unpaired) electrons. The van der Waals surface area contributed by atoms with E-state index in [1.165, 1.54) is 0 Å². The molecular formula is C11H19N3O. The third-order valence-electron chi connectivity index (χ3n) is 3.85. The van der Waals surface area contributed by atoms with Crippen LogP contribution in [0.3, 0.4) is 0 Å². The Bertz CT molecular complexity index is 261. The number of ether oxygens (including phenoxy) is 1. The van der Waals surface area contributed by atoms with Crippen LogP contribution in [0.4, 0.5) is 0 Å². The number of hydrogen-bond donors (Lipinski definition) is 1. The summed E-state index contributed by atoms with van der Waals surface area (Å²) in [7, 11) is 2.13. The van der Waals surface area contributed by atoms with Gasteiger partial charge in [-0.05, 0) is 38.9 Å². The highest BCUT2D eigenvalue weighted by atomic mass is 16.5. The minimum atomic E-state index is -0.388. The lowest BCUT2D eigenvalue weighted by molar-refractivity contribution is -0.102. The van der Waals surface area contributed by atoms with Gasteiger partial charge < -0.3 is 15.4 Å². The average molecular weight is 209 g/mol. The van der Waals surface area contributed by atoms with Crippen molar-refractivity contribution in [2.75, 3.05) is 33.4 Å². The zero-order valence-electron chi connectivity index (χ0n) is 9.28. The molecule has 2 fully saturated rings. The molecule has 0 aromatic carbocycles. The lowest BCUT2D eigenvalue weighted by Gasteiger charge is -2.45. The predicted octanol–water partition coefficient (Wildman–Crippen LogP) is 0.196. The Balaban J connectivity index is 1.96. The first-order valence-electron chi connectivity index (χ1n) is 5.61. The van der Waals surface area contributed by atoms with Crippen molar-refractivity contribution in [3.05, 3.63) is 0 Å². The summed E-state index contributed by atoms with van der Waals surface area (Å²) in [6.45, 7) is 3.25. The van der Waals surface area contributed by atoms with Crippen molar-refractivity contribution in [3.63, 3.8) is 0 Å². The molecule has 4 nitrogen and oxygen atoms in total. The maximum atomic E-state index is 9.17. The third-order valence-corrected chi connectivity index (χ3v) is 3.85. The smallest absolute Gasteiger partial charge is 0.119 e. The van der Waals surface area contributed by atoms with Gasteiger partial charge in [0.1, 0.15) is 5.41 Å². The van der Waals surface area contributed by atoms with E-state index in [9.17, 15) is 0 Å². The number of piperidine rings is 1. The van der Waals surface area contributed by atoms with E-state index in [2.05, 4.69) is 18.0 Å². The van der Waals surface area contributed by atoms with Crippen LogP contribution in [0.2, 0.25) is 0 Å². The van der Waals surface area contributed by atoms with Crippen LogP contribution in [-0.2, 0) is 4.74 Å². The summed E-state index contributed by atoms with van der Waals surface area (Å²) < 4.78 is 5.15. The van der Waals surface area contributed by atoms with Crippen LogP contribution in [0, 0.1) is 22.7 Å². The second-order valence-electron chi connectivity index (χ2n) is 4.93. The van der Waals surface area contributed by atoms with Crippen LogP contribution in [0.15, 0.2) is 0 Å². The van der Waals surface area contributed by atoms with Crippen molar-refractivity contribution >= 4 is 0 Å². The first-order valence-corrected chi connectivity index (χ1v) is 5.61. The largest absolute Gasteiger partial charge is 0.378 e. The molecular weight excluding hydrogens is 190 g/mol. The zero-order valence-corrected chi connectivity index (χ0v) is 9.28.